The Bertz CT molecular complexity index is 1090. The molecule has 1 saturated heterocycles. The van der Waals surface area contributed by atoms with Gasteiger partial charge in [-0.15, -0.1) is 0 Å². The molecule has 1 heterocycles. The Morgan fingerprint density at radius 2 is 1.77 bits per heavy atom. The van der Waals surface area contributed by atoms with Gasteiger partial charge in [0.15, 0.2) is 0 Å². The molecule has 3 rings (SSSR count). The summed E-state index contributed by atoms with van der Waals surface area (Å²) in [6.45, 7) is 3.20. The van der Waals surface area contributed by atoms with Gasteiger partial charge in [-0.25, -0.2) is 12.7 Å². The Kier molecular flexibility index (Phi) is 6.50. The minimum Gasteiger partial charge on any atom is -0.339 e. The molecule has 7 nitrogen and oxygen atoms in total. The van der Waals surface area contributed by atoms with Gasteiger partial charge in [0.2, 0.25) is 10.0 Å². The quantitative estimate of drug-likeness (QED) is 0.758. The molecule has 30 heavy (non-hydrogen) atoms. The maximum Gasteiger partial charge on any atom is 0.255 e. The number of sulfonamides is 1. The fourth-order valence-corrected chi connectivity index (χ4v) is 4.72. The molecule has 0 aromatic heterocycles. The van der Waals surface area contributed by atoms with Crippen molar-refractivity contribution in [3.63, 3.8) is 0 Å². The standard InChI is InChI=1S/C21H24ClN3O4S/c1-14-7-6-8-16(21(27)25-11-4-5-12-25)19(14)23-20(26)15-9-10-17(22)18(13-15)30(28,29)24(2)3/h6-10,13H,4-5,11-12H2,1-3H3,(H,23,26). The zero-order valence-corrected chi connectivity index (χ0v) is 18.7. The van der Waals surface area contributed by atoms with E-state index in [-0.39, 0.29) is 21.4 Å². The normalized spacial score (nSPS) is 14.2. The number of anilines is 1. The minimum atomic E-state index is -3.82. The van der Waals surface area contributed by atoms with Crippen LogP contribution in [0.1, 0.15) is 39.1 Å². The zero-order valence-electron chi connectivity index (χ0n) is 17.1. The first-order chi connectivity index (χ1) is 14.1. The van der Waals surface area contributed by atoms with E-state index >= 15 is 0 Å². The second-order valence-corrected chi connectivity index (χ2v) is 9.91. The minimum absolute atomic E-state index is 0.0287. The average molecular weight is 450 g/mol. The topological polar surface area (TPSA) is 86.8 Å². The SMILES string of the molecule is Cc1cccc(C(=O)N2CCCC2)c1NC(=O)c1ccc(Cl)c(S(=O)(=O)N(C)C)c1. The van der Waals surface area contributed by atoms with Crippen LogP contribution in [0.4, 0.5) is 5.69 Å². The fourth-order valence-electron chi connectivity index (χ4n) is 3.33. The highest BCUT2D eigenvalue weighted by Gasteiger charge is 2.25. The summed E-state index contributed by atoms with van der Waals surface area (Å²) in [4.78, 5) is 27.5. The summed E-state index contributed by atoms with van der Waals surface area (Å²) in [6, 6.07) is 9.34. The van der Waals surface area contributed by atoms with E-state index in [9.17, 15) is 18.0 Å². The van der Waals surface area contributed by atoms with Crippen LogP contribution in [0.25, 0.3) is 0 Å². The number of halogens is 1. The Morgan fingerprint density at radius 1 is 1.10 bits per heavy atom. The summed E-state index contributed by atoms with van der Waals surface area (Å²) in [7, 11) is -1.03. The number of hydrogen-bond donors (Lipinski definition) is 1. The van der Waals surface area contributed by atoms with E-state index in [1.807, 2.05) is 0 Å². The van der Waals surface area contributed by atoms with Gasteiger partial charge in [-0.1, -0.05) is 23.7 Å². The van der Waals surface area contributed by atoms with E-state index in [2.05, 4.69) is 5.32 Å². The van der Waals surface area contributed by atoms with Gasteiger partial charge in [0.05, 0.1) is 16.3 Å². The van der Waals surface area contributed by atoms with Gasteiger partial charge in [0, 0.05) is 32.7 Å². The average Bonchev–Trinajstić information content (AvgIpc) is 3.23. The van der Waals surface area contributed by atoms with Gasteiger partial charge in [0.1, 0.15) is 4.90 Å². The maximum absolute atomic E-state index is 12.9. The summed E-state index contributed by atoms with van der Waals surface area (Å²) < 4.78 is 26.0. The highest BCUT2D eigenvalue weighted by molar-refractivity contribution is 7.89. The smallest absolute Gasteiger partial charge is 0.255 e. The molecule has 0 radical (unpaired) electrons. The van der Waals surface area contributed by atoms with E-state index in [1.165, 1.54) is 32.3 Å². The summed E-state index contributed by atoms with van der Waals surface area (Å²) in [5, 5.41) is 2.82. The van der Waals surface area contributed by atoms with Gasteiger partial charge in [0.25, 0.3) is 11.8 Å². The van der Waals surface area contributed by atoms with Crippen LogP contribution >= 0.6 is 11.6 Å². The van der Waals surface area contributed by atoms with Crippen LogP contribution in [-0.2, 0) is 10.0 Å². The first-order valence-electron chi connectivity index (χ1n) is 9.55. The number of likely N-dealkylation sites (tertiary alicyclic amines) is 1. The molecule has 0 spiro atoms. The lowest BCUT2D eigenvalue weighted by atomic mass is 10.1. The van der Waals surface area contributed by atoms with Crippen molar-refractivity contribution >= 4 is 39.1 Å². The number of amides is 2. The molecule has 160 valence electrons. The molecule has 1 aliphatic heterocycles. The first kappa shape index (κ1) is 22.3. The Balaban J connectivity index is 1.95. The fraction of sp³-hybridized carbons (Fsp3) is 0.333. The monoisotopic (exact) mass is 449 g/mol. The first-order valence-corrected chi connectivity index (χ1v) is 11.4. The molecule has 2 amide bonds. The largest absolute Gasteiger partial charge is 0.339 e. The third kappa shape index (κ3) is 4.35. The van der Waals surface area contributed by atoms with Crippen molar-refractivity contribution in [2.75, 3.05) is 32.5 Å². The highest BCUT2D eigenvalue weighted by Crippen LogP contribution is 2.27. The lowest BCUT2D eigenvalue weighted by Gasteiger charge is -2.19. The Morgan fingerprint density at radius 3 is 2.40 bits per heavy atom. The summed E-state index contributed by atoms with van der Waals surface area (Å²) in [6.07, 6.45) is 1.93. The number of benzene rings is 2. The van der Waals surface area contributed by atoms with E-state index in [0.717, 1.165) is 22.7 Å². The van der Waals surface area contributed by atoms with Crippen molar-refractivity contribution < 1.29 is 18.0 Å². The summed E-state index contributed by atoms with van der Waals surface area (Å²) >= 11 is 6.07. The molecule has 0 aliphatic carbocycles. The molecule has 1 fully saturated rings. The lowest BCUT2D eigenvalue weighted by molar-refractivity contribution is 0.0793. The van der Waals surface area contributed by atoms with Crippen molar-refractivity contribution in [1.29, 1.82) is 0 Å². The molecule has 9 heteroatoms. The molecule has 2 aromatic carbocycles. The number of carbonyl (C=O) groups excluding carboxylic acids is 2. The van der Waals surface area contributed by atoms with Crippen molar-refractivity contribution in [3.05, 3.63) is 58.1 Å². The number of nitrogens with one attached hydrogen (secondary N) is 1. The lowest BCUT2D eigenvalue weighted by Crippen LogP contribution is -2.29. The molecule has 0 unspecified atom stereocenters. The summed E-state index contributed by atoms with van der Waals surface area (Å²) in [5.41, 5.74) is 1.71. The van der Waals surface area contributed by atoms with Crippen LogP contribution in [0.2, 0.25) is 5.02 Å². The Hall–Kier alpha value is -2.42. The Labute approximate surface area is 181 Å². The van der Waals surface area contributed by atoms with Crippen molar-refractivity contribution in [1.82, 2.24) is 9.21 Å². The van der Waals surface area contributed by atoms with Gasteiger partial charge >= 0.3 is 0 Å². The molecular weight excluding hydrogens is 426 g/mol. The van der Waals surface area contributed by atoms with Crippen molar-refractivity contribution in [3.8, 4) is 0 Å². The van der Waals surface area contributed by atoms with Gasteiger partial charge in [-0.05, 0) is 49.6 Å². The van der Waals surface area contributed by atoms with Gasteiger partial charge in [-0.3, -0.25) is 9.59 Å². The van der Waals surface area contributed by atoms with Crippen LogP contribution < -0.4 is 5.32 Å². The predicted molar refractivity (Wildman–Crippen MR) is 117 cm³/mol. The van der Waals surface area contributed by atoms with E-state index in [0.29, 0.717) is 24.3 Å². The third-order valence-electron chi connectivity index (χ3n) is 5.09. The van der Waals surface area contributed by atoms with E-state index in [4.69, 9.17) is 11.6 Å². The second-order valence-electron chi connectivity index (χ2n) is 7.38. The molecule has 0 atom stereocenters. The van der Waals surface area contributed by atoms with E-state index in [1.54, 1.807) is 30.0 Å². The zero-order chi connectivity index (χ0) is 22.1. The van der Waals surface area contributed by atoms with Crippen LogP contribution in [0.15, 0.2) is 41.3 Å². The molecule has 1 aliphatic rings. The van der Waals surface area contributed by atoms with Crippen LogP contribution in [0, 0.1) is 6.92 Å². The third-order valence-corrected chi connectivity index (χ3v) is 7.38. The second kappa shape index (κ2) is 8.75. The summed E-state index contributed by atoms with van der Waals surface area (Å²) in [5.74, 6) is -0.648. The van der Waals surface area contributed by atoms with Gasteiger partial charge < -0.3 is 10.2 Å². The van der Waals surface area contributed by atoms with Crippen LogP contribution in [-0.4, -0.2) is 56.6 Å². The molecule has 0 saturated carbocycles. The number of carbonyl (C=O) groups is 2. The molecule has 0 bridgehead atoms. The predicted octanol–water partition coefficient (Wildman–Crippen LogP) is 3.39. The molecular formula is C21H24ClN3O4S. The number of para-hydroxylation sites is 1. The number of aryl methyl sites for hydroxylation is 1. The number of hydrogen-bond acceptors (Lipinski definition) is 4. The van der Waals surface area contributed by atoms with Gasteiger partial charge in [-0.2, -0.15) is 0 Å². The number of nitrogens with zero attached hydrogens (tertiary/aromatic N) is 2. The van der Waals surface area contributed by atoms with Crippen molar-refractivity contribution in [2.24, 2.45) is 0 Å². The highest BCUT2D eigenvalue weighted by atomic mass is 35.5. The molecule has 1 N–H and O–H groups in total. The molecule has 2 aromatic rings. The number of rotatable bonds is 5. The maximum atomic E-state index is 12.9. The van der Waals surface area contributed by atoms with Crippen LogP contribution in [0.5, 0.6) is 0 Å². The van der Waals surface area contributed by atoms with E-state index < -0.39 is 15.9 Å². The van der Waals surface area contributed by atoms with Crippen molar-refractivity contribution in [2.45, 2.75) is 24.7 Å². The van der Waals surface area contributed by atoms with Crippen LogP contribution in [0.3, 0.4) is 0 Å².